The Kier molecular flexibility index (Phi) is 11.1. The van der Waals surface area contributed by atoms with E-state index in [2.05, 4.69) is 151 Å². The fourth-order valence-corrected chi connectivity index (χ4v) is 5.90. The van der Waals surface area contributed by atoms with Gasteiger partial charge in [0, 0.05) is 42.7 Å². The van der Waals surface area contributed by atoms with Gasteiger partial charge in [0.1, 0.15) is 13.1 Å². The van der Waals surface area contributed by atoms with Crippen LogP contribution in [0.3, 0.4) is 0 Å². The van der Waals surface area contributed by atoms with Crippen molar-refractivity contribution in [2.45, 2.75) is 92.2 Å². The summed E-state index contributed by atoms with van der Waals surface area (Å²) >= 11 is 0. The summed E-state index contributed by atoms with van der Waals surface area (Å²) in [6.45, 7) is 11.0. The maximum atomic E-state index is 2.45. The molecule has 0 atom stereocenters. The molecule has 0 saturated carbocycles. The van der Waals surface area contributed by atoms with Gasteiger partial charge in [0.05, 0.1) is 17.7 Å². The van der Waals surface area contributed by atoms with Gasteiger partial charge >= 0.3 is 0 Å². The Bertz CT molecular complexity index is 1600. The number of aromatic nitrogens is 3. The molecule has 44 heavy (non-hydrogen) atoms. The minimum Gasteiger partial charge on any atom is -0.205 e. The molecule has 3 nitrogen and oxygen atoms in total. The highest BCUT2D eigenvalue weighted by Gasteiger charge is 2.26. The summed E-state index contributed by atoms with van der Waals surface area (Å²) in [5, 5.41) is 0. The Hall–Kier alpha value is -4.11. The average Bonchev–Trinajstić information content (AvgIpc) is 3.06. The largest absolute Gasteiger partial charge is 0.223 e. The quantitative estimate of drug-likeness (QED) is 0.0910. The van der Waals surface area contributed by atoms with Gasteiger partial charge in [-0.3, -0.25) is 0 Å². The van der Waals surface area contributed by atoms with Crippen molar-refractivity contribution in [2.75, 3.05) is 0 Å². The first-order valence-electron chi connectivity index (χ1n) is 16.8. The van der Waals surface area contributed by atoms with Gasteiger partial charge in [-0.05, 0) is 49.9 Å². The van der Waals surface area contributed by atoms with E-state index in [1.54, 1.807) is 0 Å². The van der Waals surface area contributed by atoms with Gasteiger partial charge in [0.25, 0.3) is 0 Å². The molecule has 226 valence electrons. The molecule has 0 amide bonds. The number of nitrogens with zero attached hydrogens (tertiary/aromatic N) is 3. The Morgan fingerprint density at radius 2 is 0.864 bits per heavy atom. The molecule has 0 spiro atoms. The first kappa shape index (κ1) is 31.3. The summed E-state index contributed by atoms with van der Waals surface area (Å²) in [6, 6.07) is 31.8. The van der Waals surface area contributed by atoms with Crippen molar-refractivity contribution in [3.63, 3.8) is 0 Å². The molecule has 0 aliphatic rings. The van der Waals surface area contributed by atoms with E-state index in [9.17, 15) is 0 Å². The third kappa shape index (κ3) is 8.08. The van der Waals surface area contributed by atoms with Crippen LogP contribution in [0, 0.1) is 13.8 Å². The number of rotatable bonds is 14. The van der Waals surface area contributed by atoms with Gasteiger partial charge in [0.2, 0.25) is 17.1 Å². The molecule has 0 fully saturated rings. The molecule has 5 aromatic rings. The molecular weight excluding hydrogens is 534 g/mol. The van der Waals surface area contributed by atoms with E-state index in [-0.39, 0.29) is 0 Å². The topological polar surface area (TPSA) is 11.6 Å². The van der Waals surface area contributed by atoms with Crippen LogP contribution >= 0.6 is 0 Å². The monoisotopic (exact) mass is 584 g/mol. The highest BCUT2D eigenvalue weighted by Crippen LogP contribution is 2.30. The van der Waals surface area contributed by atoms with Crippen LogP contribution in [0.4, 0.5) is 0 Å². The zero-order valence-corrected chi connectivity index (χ0v) is 27.3. The lowest BCUT2D eigenvalue weighted by atomic mass is 9.98. The van der Waals surface area contributed by atoms with Crippen LogP contribution in [0.2, 0.25) is 0 Å². The molecule has 0 saturated heterocycles. The fraction of sp³-hybridized carbons (Fsp3) is 0.341. The molecule has 0 N–H and O–H groups in total. The van der Waals surface area contributed by atoms with E-state index in [0.29, 0.717) is 0 Å². The van der Waals surface area contributed by atoms with Crippen LogP contribution < -0.4 is 13.7 Å². The minimum atomic E-state index is 1.06. The predicted molar refractivity (Wildman–Crippen MR) is 182 cm³/mol. The van der Waals surface area contributed by atoms with Gasteiger partial charge in [-0.25, -0.2) is 9.13 Å². The zero-order chi connectivity index (χ0) is 30.7. The van der Waals surface area contributed by atoms with Crippen molar-refractivity contribution in [1.29, 1.82) is 0 Å². The Morgan fingerprint density at radius 1 is 0.432 bits per heavy atom. The molecule has 3 heteroatoms. The molecule has 0 radical (unpaired) electrons. The molecule has 0 aliphatic carbocycles. The Balaban J connectivity index is 1.63. The highest BCUT2D eigenvalue weighted by molar-refractivity contribution is 5.74. The second-order valence-corrected chi connectivity index (χ2v) is 12.3. The van der Waals surface area contributed by atoms with Crippen LogP contribution in [-0.2, 0) is 13.1 Å². The lowest BCUT2D eigenvalue weighted by Crippen LogP contribution is -2.39. The van der Waals surface area contributed by atoms with E-state index in [4.69, 9.17) is 0 Å². The average molecular weight is 585 g/mol. The van der Waals surface area contributed by atoms with E-state index >= 15 is 0 Å². The van der Waals surface area contributed by atoms with Gasteiger partial charge < -0.3 is 0 Å². The molecular formula is C41H50N3+3. The Morgan fingerprint density at radius 3 is 1.34 bits per heavy atom. The molecule has 0 aliphatic heterocycles. The minimum absolute atomic E-state index is 1.06. The van der Waals surface area contributed by atoms with Crippen LogP contribution in [0.15, 0.2) is 110 Å². The van der Waals surface area contributed by atoms with Gasteiger partial charge in [-0.2, -0.15) is 4.57 Å². The molecule has 5 rings (SSSR count). The van der Waals surface area contributed by atoms with Gasteiger partial charge in [0.15, 0.2) is 24.8 Å². The SMILES string of the molecule is CCCCCC[n+]1ccc(-c2cc(-c3ccc(C)cc3)cc(-c3ccc(C)cc3)[n+]2-c2cc[n+](CCCCCC)cc2)cc1. The number of hydrogen-bond donors (Lipinski definition) is 0. The van der Waals surface area contributed by atoms with Crippen LogP contribution in [-0.4, -0.2) is 0 Å². The smallest absolute Gasteiger partial charge is 0.205 e. The first-order chi connectivity index (χ1) is 21.6. The van der Waals surface area contributed by atoms with Crippen molar-refractivity contribution in [3.8, 4) is 39.3 Å². The third-order valence-corrected chi connectivity index (χ3v) is 8.66. The first-order valence-corrected chi connectivity index (χ1v) is 16.8. The number of unbranched alkanes of at least 4 members (excludes halogenated alkanes) is 6. The summed E-state index contributed by atoms with van der Waals surface area (Å²) in [7, 11) is 0. The van der Waals surface area contributed by atoms with E-state index < -0.39 is 0 Å². The van der Waals surface area contributed by atoms with E-state index in [0.717, 1.165) is 13.1 Å². The summed E-state index contributed by atoms with van der Waals surface area (Å²) in [4.78, 5) is 0. The molecule has 0 bridgehead atoms. The van der Waals surface area contributed by atoms with Crippen LogP contribution in [0.1, 0.15) is 76.3 Å². The number of aryl methyl sites for hydroxylation is 4. The van der Waals surface area contributed by atoms with Crippen LogP contribution in [0.5, 0.6) is 0 Å². The second kappa shape index (κ2) is 15.6. The third-order valence-electron chi connectivity index (χ3n) is 8.66. The summed E-state index contributed by atoms with van der Waals surface area (Å²) in [5.41, 5.74) is 11.0. The van der Waals surface area contributed by atoms with Crippen molar-refractivity contribution >= 4 is 0 Å². The lowest BCUT2D eigenvalue weighted by Gasteiger charge is -2.12. The maximum Gasteiger partial charge on any atom is 0.223 e. The van der Waals surface area contributed by atoms with Crippen molar-refractivity contribution in [1.82, 2.24) is 0 Å². The fourth-order valence-electron chi connectivity index (χ4n) is 5.90. The van der Waals surface area contributed by atoms with E-state index in [1.165, 1.54) is 102 Å². The normalized spacial score (nSPS) is 11.2. The summed E-state index contributed by atoms with van der Waals surface area (Å²) in [6.07, 6.45) is 19.2. The predicted octanol–water partition coefficient (Wildman–Crippen LogP) is 9.32. The summed E-state index contributed by atoms with van der Waals surface area (Å²) in [5.74, 6) is 0. The lowest BCUT2D eigenvalue weighted by molar-refractivity contribution is -0.698. The van der Waals surface area contributed by atoms with Crippen LogP contribution in [0.25, 0.3) is 39.3 Å². The number of pyridine rings is 3. The molecule has 0 unspecified atom stereocenters. The molecule has 3 aromatic heterocycles. The van der Waals surface area contributed by atoms with Gasteiger partial charge in [-0.1, -0.05) is 87.1 Å². The summed E-state index contributed by atoms with van der Waals surface area (Å²) < 4.78 is 7.11. The Labute approximate surface area is 265 Å². The molecule has 3 heterocycles. The van der Waals surface area contributed by atoms with E-state index in [1.807, 2.05) is 0 Å². The van der Waals surface area contributed by atoms with Crippen molar-refractivity contribution in [3.05, 3.63) is 121 Å². The number of hydrogen-bond acceptors (Lipinski definition) is 0. The number of benzene rings is 2. The van der Waals surface area contributed by atoms with Crippen molar-refractivity contribution < 1.29 is 13.7 Å². The highest BCUT2D eigenvalue weighted by atomic mass is 15.0. The second-order valence-electron chi connectivity index (χ2n) is 12.3. The zero-order valence-electron chi connectivity index (χ0n) is 27.3. The van der Waals surface area contributed by atoms with Gasteiger partial charge in [-0.15, -0.1) is 0 Å². The van der Waals surface area contributed by atoms with Crippen molar-refractivity contribution in [2.24, 2.45) is 0 Å². The maximum absolute atomic E-state index is 2.45. The standard InChI is InChI=1S/C41H50N3/c1-5-7-9-11-25-42-27-21-37(22-28-42)41-32-38(35-17-13-33(3)14-18-35)31-40(36-19-15-34(4)16-20-36)44(41)39-23-29-43(30-24-39)26-12-10-8-6-2/h13-24,27-32H,5-12,25-26H2,1-4H3/q+3. The molecule has 2 aromatic carbocycles.